The third-order valence-electron chi connectivity index (χ3n) is 2.14. The van der Waals surface area contributed by atoms with Crippen molar-refractivity contribution in [1.82, 2.24) is 0 Å². The van der Waals surface area contributed by atoms with E-state index < -0.39 is 0 Å². The smallest absolute Gasteiger partial charge is 0.235 e. The van der Waals surface area contributed by atoms with Crippen LogP contribution in [0.1, 0.15) is 18.0 Å². The van der Waals surface area contributed by atoms with Gasteiger partial charge in [-0.2, -0.15) is 4.99 Å². The maximum absolute atomic E-state index is 10.2. The van der Waals surface area contributed by atoms with Crippen molar-refractivity contribution in [3.05, 3.63) is 29.8 Å². The normalized spacial score (nSPS) is 19.5. The van der Waals surface area contributed by atoms with E-state index in [-0.39, 0.29) is 6.04 Å². The number of para-hydroxylation sites is 1. The van der Waals surface area contributed by atoms with E-state index in [0.717, 1.165) is 17.7 Å². The number of aliphatic imine (C=N–C) groups is 1. The Morgan fingerprint density at radius 3 is 3.15 bits per heavy atom. The molecule has 0 saturated carbocycles. The number of rotatable bonds is 1. The van der Waals surface area contributed by atoms with E-state index in [9.17, 15) is 4.79 Å². The SMILES string of the molecule is O=C=NC1CCOc2ccccc21. The lowest BCUT2D eigenvalue weighted by Crippen LogP contribution is -2.12. The summed E-state index contributed by atoms with van der Waals surface area (Å²) in [5.74, 6) is 0.831. The monoisotopic (exact) mass is 175 g/mol. The average molecular weight is 175 g/mol. The standard InChI is InChI=1S/C10H9NO2/c12-7-11-9-5-6-13-10-4-2-1-3-8(9)10/h1-4,9H,5-6H2. The van der Waals surface area contributed by atoms with Crippen molar-refractivity contribution in [3.63, 3.8) is 0 Å². The van der Waals surface area contributed by atoms with Crippen LogP contribution in [0.3, 0.4) is 0 Å². The molecule has 3 nitrogen and oxygen atoms in total. The highest BCUT2D eigenvalue weighted by molar-refractivity contribution is 5.41. The largest absolute Gasteiger partial charge is 0.493 e. The van der Waals surface area contributed by atoms with Crippen molar-refractivity contribution in [3.8, 4) is 5.75 Å². The Hall–Kier alpha value is -1.60. The first-order chi connectivity index (χ1) is 6.42. The summed E-state index contributed by atoms with van der Waals surface area (Å²) in [6, 6.07) is 7.58. The maximum atomic E-state index is 10.2. The Morgan fingerprint density at radius 2 is 2.31 bits per heavy atom. The third kappa shape index (κ3) is 1.46. The zero-order chi connectivity index (χ0) is 9.10. The van der Waals surface area contributed by atoms with Gasteiger partial charge in [-0.25, -0.2) is 4.79 Å². The second kappa shape index (κ2) is 3.42. The minimum Gasteiger partial charge on any atom is -0.493 e. The van der Waals surface area contributed by atoms with Crippen LogP contribution in [-0.4, -0.2) is 12.7 Å². The van der Waals surface area contributed by atoms with Crippen LogP contribution in [0.15, 0.2) is 29.3 Å². The van der Waals surface area contributed by atoms with E-state index in [2.05, 4.69) is 4.99 Å². The molecule has 0 aliphatic carbocycles. The number of nitrogens with zero attached hydrogens (tertiary/aromatic N) is 1. The minimum absolute atomic E-state index is 0.0672. The van der Waals surface area contributed by atoms with Crippen molar-refractivity contribution < 1.29 is 9.53 Å². The molecule has 1 unspecified atom stereocenters. The lowest BCUT2D eigenvalue weighted by atomic mass is 10.0. The second-order valence-corrected chi connectivity index (χ2v) is 2.91. The molecule has 3 heteroatoms. The molecule has 2 rings (SSSR count). The molecule has 1 aromatic carbocycles. The molecule has 0 aromatic heterocycles. The molecule has 0 saturated heterocycles. The third-order valence-corrected chi connectivity index (χ3v) is 2.14. The minimum atomic E-state index is -0.0672. The van der Waals surface area contributed by atoms with Crippen LogP contribution in [-0.2, 0) is 4.79 Å². The van der Waals surface area contributed by atoms with Gasteiger partial charge in [-0.15, -0.1) is 0 Å². The molecule has 13 heavy (non-hydrogen) atoms. The first kappa shape index (κ1) is 8.02. The molecular weight excluding hydrogens is 166 g/mol. The van der Waals surface area contributed by atoms with Crippen LogP contribution >= 0.6 is 0 Å². The average Bonchev–Trinajstić information content (AvgIpc) is 2.19. The van der Waals surface area contributed by atoms with Crippen LogP contribution in [0.2, 0.25) is 0 Å². The summed E-state index contributed by atoms with van der Waals surface area (Å²) >= 11 is 0. The molecule has 1 atom stereocenters. The van der Waals surface area contributed by atoms with Crippen molar-refractivity contribution in [2.24, 2.45) is 4.99 Å². The highest BCUT2D eigenvalue weighted by Gasteiger charge is 2.19. The van der Waals surface area contributed by atoms with Crippen LogP contribution in [0.4, 0.5) is 0 Å². The van der Waals surface area contributed by atoms with Gasteiger partial charge in [0.1, 0.15) is 5.75 Å². The van der Waals surface area contributed by atoms with Crippen LogP contribution in [0, 0.1) is 0 Å². The lowest BCUT2D eigenvalue weighted by molar-refractivity contribution is 0.269. The van der Waals surface area contributed by atoms with Gasteiger partial charge in [-0.1, -0.05) is 18.2 Å². The van der Waals surface area contributed by atoms with E-state index in [4.69, 9.17) is 4.74 Å². The van der Waals surface area contributed by atoms with Crippen molar-refractivity contribution in [2.75, 3.05) is 6.61 Å². The van der Waals surface area contributed by atoms with E-state index in [1.54, 1.807) is 6.08 Å². The molecule has 66 valence electrons. The maximum Gasteiger partial charge on any atom is 0.235 e. The number of carbonyl (C=O) groups excluding carboxylic acids is 1. The predicted molar refractivity (Wildman–Crippen MR) is 47.4 cm³/mol. The number of hydrogen-bond acceptors (Lipinski definition) is 3. The Morgan fingerprint density at radius 1 is 1.46 bits per heavy atom. The number of isocyanates is 1. The Balaban J connectivity index is 2.42. The molecule has 1 heterocycles. The molecule has 1 aliphatic heterocycles. The Labute approximate surface area is 76.1 Å². The van der Waals surface area contributed by atoms with E-state index in [1.165, 1.54) is 0 Å². The summed E-state index contributed by atoms with van der Waals surface area (Å²) in [5.41, 5.74) is 0.983. The van der Waals surface area contributed by atoms with Gasteiger partial charge in [-0.3, -0.25) is 0 Å². The van der Waals surface area contributed by atoms with Crippen molar-refractivity contribution in [1.29, 1.82) is 0 Å². The summed E-state index contributed by atoms with van der Waals surface area (Å²) in [6.07, 6.45) is 2.35. The van der Waals surface area contributed by atoms with Gasteiger partial charge in [-0.05, 0) is 6.07 Å². The lowest BCUT2D eigenvalue weighted by Gasteiger charge is -2.21. The van der Waals surface area contributed by atoms with Crippen LogP contribution < -0.4 is 4.74 Å². The molecule has 0 radical (unpaired) electrons. The summed E-state index contributed by atoms with van der Waals surface area (Å²) in [5, 5.41) is 0. The zero-order valence-corrected chi connectivity index (χ0v) is 7.06. The number of hydrogen-bond donors (Lipinski definition) is 0. The molecule has 0 N–H and O–H groups in total. The first-order valence-corrected chi connectivity index (χ1v) is 4.20. The van der Waals surface area contributed by atoms with Gasteiger partial charge >= 0.3 is 0 Å². The highest BCUT2D eigenvalue weighted by atomic mass is 16.5. The Bertz CT molecular complexity index is 356. The second-order valence-electron chi connectivity index (χ2n) is 2.91. The van der Waals surface area contributed by atoms with E-state index in [0.29, 0.717) is 6.61 Å². The van der Waals surface area contributed by atoms with Gasteiger partial charge < -0.3 is 4.74 Å². The fourth-order valence-electron chi connectivity index (χ4n) is 1.52. The molecule has 1 aromatic rings. The van der Waals surface area contributed by atoms with E-state index >= 15 is 0 Å². The fourth-order valence-corrected chi connectivity index (χ4v) is 1.52. The van der Waals surface area contributed by atoms with Crippen LogP contribution in [0.25, 0.3) is 0 Å². The molecule has 1 aliphatic rings. The number of benzene rings is 1. The first-order valence-electron chi connectivity index (χ1n) is 4.20. The van der Waals surface area contributed by atoms with Gasteiger partial charge in [0.15, 0.2) is 0 Å². The van der Waals surface area contributed by atoms with Gasteiger partial charge in [0.2, 0.25) is 6.08 Å². The predicted octanol–water partition coefficient (Wildman–Crippen LogP) is 1.85. The molecule has 0 bridgehead atoms. The van der Waals surface area contributed by atoms with Crippen molar-refractivity contribution in [2.45, 2.75) is 12.5 Å². The molecule has 0 amide bonds. The number of ether oxygens (including phenoxy) is 1. The summed E-state index contributed by atoms with van der Waals surface area (Å²) in [7, 11) is 0. The quantitative estimate of drug-likeness (QED) is 0.482. The van der Waals surface area contributed by atoms with Gasteiger partial charge in [0, 0.05) is 12.0 Å². The highest BCUT2D eigenvalue weighted by Crippen LogP contribution is 2.33. The van der Waals surface area contributed by atoms with Crippen molar-refractivity contribution >= 4 is 6.08 Å². The molecule has 0 spiro atoms. The Kier molecular flexibility index (Phi) is 2.11. The summed E-state index contributed by atoms with van der Waals surface area (Å²) in [6.45, 7) is 0.618. The van der Waals surface area contributed by atoms with E-state index in [1.807, 2.05) is 24.3 Å². The molecular formula is C10H9NO2. The van der Waals surface area contributed by atoms with Gasteiger partial charge in [0.05, 0.1) is 12.6 Å². The fraction of sp³-hybridized carbons (Fsp3) is 0.300. The zero-order valence-electron chi connectivity index (χ0n) is 7.06. The summed E-state index contributed by atoms with van der Waals surface area (Å²) < 4.78 is 5.41. The topological polar surface area (TPSA) is 38.7 Å². The number of fused-ring (bicyclic) bond motifs is 1. The van der Waals surface area contributed by atoms with Gasteiger partial charge in [0.25, 0.3) is 0 Å². The van der Waals surface area contributed by atoms with Crippen LogP contribution in [0.5, 0.6) is 5.75 Å². The molecule has 0 fully saturated rings. The summed E-state index contributed by atoms with van der Waals surface area (Å²) in [4.78, 5) is 13.9.